The third-order valence-corrected chi connectivity index (χ3v) is 6.78. The van der Waals surface area contributed by atoms with Gasteiger partial charge in [-0.05, 0) is 18.6 Å². The number of benzene rings is 1. The van der Waals surface area contributed by atoms with Gasteiger partial charge in [-0.3, -0.25) is 4.52 Å². The Kier molecular flexibility index (Phi) is 23.1. The molecule has 0 aliphatic carbocycles. The van der Waals surface area contributed by atoms with E-state index < -0.39 is 13.9 Å². The minimum atomic E-state index is -4.55. The summed E-state index contributed by atoms with van der Waals surface area (Å²) in [4.78, 5) is 18.4. The van der Waals surface area contributed by atoms with Gasteiger partial charge >= 0.3 is 7.82 Å². The van der Waals surface area contributed by atoms with Crippen LogP contribution in [0.2, 0.25) is 0 Å². The van der Waals surface area contributed by atoms with Gasteiger partial charge in [0.1, 0.15) is 12.4 Å². The minimum Gasteiger partial charge on any atom is -0.491 e. The van der Waals surface area contributed by atoms with Crippen LogP contribution in [0, 0.1) is 0 Å². The van der Waals surface area contributed by atoms with E-state index in [1.165, 1.54) is 64.2 Å². The average molecular weight is 561 g/mol. The van der Waals surface area contributed by atoms with E-state index in [-0.39, 0.29) is 6.61 Å². The van der Waals surface area contributed by atoms with E-state index in [0.717, 1.165) is 25.0 Å². The first kappa shape index (κ1) is 35.0. The number of unbranched alkanes of at least 4 members (excludes halogenated alkanes) is 12. The summed E-state index contributed by atoms with van der Waals surface area (Å²) in [7, 11) is -4.55. The summed E-state index contributed by atoms with van der Waals surface area (Å²) in [6.07, 6.45) is 16.3. The number of para-hydroxylation sites is 1. The first-order chi connectivity index (χ1) is 18.5. The molecular weight excluding hydrogens is 507 g/mol. The van der Waals surface area contributed by atoms with Gasteiger partial charge < -0.3 is 28.7 Å². The molecule has 0 amide bonds. The number of rotatable bonds is 28. The largest absolute Gasteiger partial charge is 0.491 e. The van der Waals surface area contributed by atoms with Crippen molar-refractivity contribution < 1.29 is 37.8 Å². The van der Waals surface area contributed by atoms with E-state index in [2.05, 4.69) is 6.92 Å². The van der Waals surface area contributed by atoms with Gasteiger partial charge in [-0.25, -0.2) is 4.57 Å². The lowest BCUT2D eigenvalue weighted by atomic mass is 10.0. The highest BCUT2D eigenvalue weighted by Gasteiger charge is 2.22. The van der Waals surface area contributed by atoms with Gasteiger partial charge in [0.25, 0.3) is 0 Å². The molecule has 8 nitrogen and oxygen atoms in total. The smallest absolute Gasteiger partial charge is 0.469 e. The number of phosphoric acid groups is 1. The van der Waals surface area contributed by atoms with Gasteiger partial charge in [-0.15, -0.1) is 0 Å². The highest BCUT2D eigenvalue weighted by Crippen LogP contribution is 2.38. The zero-order valence-corrected chi connectivity index (χ0v) is 24.5. The molecule has 0 aliphatic heterocycles. The maximum atomic E-state index is 11.3. The van der Waals surface area contributed by atoms with Crippen molar-refractivity contribution in [1.82, 2.24) is 0 Å². The van der Waals surface area contributed by atoms with Crippen LogP contribution in [0.15, 0.2) is 30.3 Å². The van der Waals surface area contributed by atoms with Gasteiger partial charge in [0.2, 0.25) is 0 Å². The van der Waals surface area contributed by atoms with Gasteiger partial charge in [0.15, 0.2) is 0 Å². The molecule has 222 valence electrons. The Hall–Kier alpha value is -0.990. The van der Waals surface area contributed by atoms with Crippen LogP contribution in [0.1, 0.15) is 96.8 Å². The van der Waals surface area contributed by atoms with Crippen molar-refractivity contribution in [3.63, 3.8) is 0 Å². The van der Waals surface area contributed by atoms with Crippen LogP contribution in [0.5, 0.6) is 5.75 Å². The van der Waals surface area contributed by atoms with Crippen LogP contribution in [0.25, 0.3) is 0 Å². The zero-order chi connectivity index (χ0) is 27.6. The van der Waals surface area contributed by atoms with Crippen molar-refractivity contribution in [3.8, 4) is 5.75 Å². The monoisotopic (exact) mass is 560 g/mol. The average Bonchev–Trinajstić information content (AvgIpc) is 2.89. The van der Waals surface area contributed by atoms with Crippen LogP contribution < -0.4 is 4.74 Å². The summed E-state index contributed by atoms with van der Waals surface area (Å²) < 4.78 is 38.3. The van der Waals surface area contributed by atoms with E-state index in [1.807, 2.05) is 30.3 Å². The fourth-order valence-corrected chi connectivity index (χ4v) is 4.69. The van der Waals surface area contributed by atoms with Crippen molar-refractivity contribution in [2.24, 2.45) is 0 Å². The van der Waals surface area contributed by atoms with Gasteiger partial charge in [0, 0.05) is 0 Å². The predicted octanol–water partition coefficient (Wildman–Crippen LogP) is 7.07. The van der Waals surface area contributed by atoms with Crippen LogP contribution in [-0.4, -0.2) is 62.1 Å². The first-order valence-electron chi connectivity index (χ1n) is 14.7. The molecule has 1 aromatic carbocycles. The molecular formula is C29H53O8P. The lowest BCUT2D eigenvalue weighted by Gasteiger charge is -2.18. The minimum absolute atomic E-state index is 0.139. The Bertz CT molecular complexity index is 670. The Labute approximate surface area is 231 Å². The predicted molar refractivity (Wildman–Crippen MR) is 152 cm³/mol. The zero-order valence-electron chi connectivity index (χ0n) is 23.6. The van der Waals surface area contributed by atoms with Crippen molar-refractivity contribution in [1.29, 1.82) is 0 Å². The summed E-state index contributed by atoms with van der Waals surface area (Å²) in [6.45, 7) is 4.96. The lowest BCUT2D eigenvalue weighted by molar-refractivity contribution is -0.0136. The Morgan fingerprint density at radius 1 is 0.658 bits per heavy atom. The van der Waals surface area contributed by atoms with Gasteiger partial charge in [-0.1, -0.05) is 109 Å². The Balaban J connectivity index is 1.95. The van der Waals surface area contributed by atoms with Gasteiger partial charge in [0.05, 0.1) is 45.7 Å². The quantitative estimate of drug-likeness (QED) is 0.0828. The number of hydrogen-bond acceptors (Lipinski definition) is 6. The molecule has 1 atom stereocenters. The summed E-state index contributed by atoms with van der Waals surface area (Å²) >= 11 is 0. The van der Waals surface area contributed by atoms with Crippen LogP contribution in [0.4, 0.5) is 0 Å². The van der Waals surface area contributed by atoms with Crippen LogP contribution in [0.3, 0.4) is 0 Å². The first-order valence-corrected chi connectivity index (χ1v) is 16.2. The third kappa shape index (κ3) is 24.1. The lowest BCUT2D eigenvalue weighted by Crippen LogP contribution is -2.21. The molecule has 0 heterocycles. The Morgan fingerprint density at radius 3 is 1.66 bits per heavy atom. The second-order valence-corrected chi connectivity index (χ2v) is 10.9. The van der Waals surface area contributed by atoms with Gasteiger partial charge in [-0.2, -0.15) is 0 Å². The second-order valence-electron chi connectivity index (χ2n) is 9.71. The van der Waals surface area contributed by atoms with E-state index >= 15 is 0 Å². The van der Waals surface area contributed by atoms with Crippen LogP contribution >= 0.6 is 7.82 Å². The topological polar surface area (TPSA) is 104 Å². The van der Waals surface area contributed by atoms with E-state index in [4.69, 9.17) is 23.5 Å². The molecule has 0 fully saturated rings. The SMILES string of the molecule is CCCCCCCCCCCCCCCC(COCCOCCOCCOc1ccccc1)OP(=O)(O)O. The normalized spacial score (nSPS) is 12.6. The highest BCUT2D eigenvalue weighted by atomic mass is 31.2. The summed E-state index contributed by atoms with van der Waals surface area (Å²) in [5.74, 6) is 0.819. The summed E-state index contributed by atoms with van der Waals surface area (Å²) in [6, 6.07) is 9.59. The standard InChI is InChI=1S/C29H53O8P/c1-2-3-4-5-6-7-8-9-10-11-12-13-15-20-29(37-38(30,31)32)27-35-24-23-33-21-22-34-25-26-36-28-18-16-14-17-19-28/h14,16-19,29H,2-13,15,20-27H2,1H3,(H2,30,31,32). The van der Waals surface area contributed by atoms with E-state index in [0.29, 0.717) is 46.1 Å². The third-order valence-electron chi connectivity index (χ3n) is 6.20. The van der Waals surface area contributed by atoms with Crippen molar-refractivity contribution >= 4 is 7.82 Å². The van der Waals surface area contributed by atoms with Crippen molar-refractivity contribution in [2.75, 3.05) is 46.2 Å². The molecule has 2 N–H and O–H groups in total. The molecule has 1 rings (SSSR count). The molecule has 0 saturated heterocycles. The van der Waals surface area contributed by atoms with Crippen molar-refractivity contribution in [3.05, 3.63) is 30.3 Å². The molecule has 1 aromatic rings. The summed E-state index contributed by atoms with van der Waals surface area (Å²) in [5, 5.41) is 0. The van der Waals surface area contributed by atoms with Crippen LogP contribution in [-0.2, 0) is 23.3 Å². The molecule has 0 saturated carbocycles. The molecule has 1 unspecified atom stereocenters. The Morgan fingerprint density at radius 2 is 1.13 bits per heavy atom. The summed E-state index contributed by atoms with van der Waals surface area (Å²) in [5.41, 5.74) is 0. The fourth-order valence-electron chi connectivity index (χ4n) is 4.14. The maximum absolute atomic E-state index is 11.3. The van der Waals surface area contributed by atoms with Crippen molar-refractivity contribution in [2.45, 2.75) is 103 Å². The molecule has 0 aliphatic rings. The number of ether oxygens (including phenoxy) is 4. The molecule has 0 bridgehead atoms. The molecule has 0 radical (unpaired) electrons. The number of phosphoric ester groups is 1. The van der Waals surface area contributed by atoms with E-state index in [1.54, 1.807) is 0 Å². The molecule has 0 aromatic heterocycles. The highest BCUT2D eigenvalue weighted by molar-refractivity contribution is 7.46. The second kappa shape index (κ2) is 25.0. The fraction of sp³-hybridized carbons (Fsp3) is 0.793. The molecule has 0 spiro atoms. The number of hydrogen-bond donors (Lipinski definition) is 2. The molecule has 9 heteroatoms. The molecule has 38 heavy (non-hydrogen) atoms. The van der Waals surface area contributed by atoms with E-state index in [9.17, 15) is 14.4 Å². The maximum Gasteiger partial charge on any atom is 0.469 e.